The van der Waals surface area contributed by atoms with Crippen molar-refractivity contribution in [3.8, 4) is 17.2 Å². The Labute approximate surface area is 230 Å². The van der Waals surface area contributed by atoms with Gasteiger partial charge in [-0.1, -0.05) is 97.3 Å². The zero-order chi connectivity index (χ0) is 27.3. The molecule has 0 spiro atoms. The van der Waals surface area contributed by atoms with Crippen LogP contribution in [0.1, 0.15) is 116 Å². The van der Waals surface area contributed by atoms with Crippen LogP contribution in [0.25, 0.3) is 0 Å². The fourth-order valence-corrected chi connectivity index (χ4v) is 4.31. The molecule has 2 aromatic rings. The lowest BCUT2D eigenvalue weighted by molar-refractivity contribution is 0.294. The van der Waals surface area contributed by atoms with Gasteiger partial charge in [0.15, 0.2) is 5.75 Å². The molecule has 0 radical (unpaired) electrons. The second kappa shape index (κ2) is 20.2. The van der Waals surface area contributed by atoms with Gasteiger partial charge in [0.05, 0.1) is 18.9 Å². The third-order valence-electron chi connectivity index (χ3n) is 6.64. The van der Waals surface area contributed by atoms with Crippen LogP contribution >= 0.6 is 0 Å². The Morgan fingerprint density at radius 1 is 0.684 bits per heavy atom. The Hall–Kier alpha value is -2.82. The smallest absolute Gasteiger partial charge is 0.220 e. The normalized spacial score (nSPS) is 11.2. The van der Waals surface area contributed by atoms with Crippen molar-refractivity contribution in [3.63, 3.8) is 0 Å². The first-order valence-corrected chi connectivity index (χ1v) is 14.9. The van der Waals surface area contributed by atoms with Crippen LogP contribution in [0.15, 0.2) is 52.3 Å². The first kappa shape index (κ1) is 31.4. The number of hydrogen-bond acceptors (Lipinski definition) is 5. The number of ether oxygens (including phenoxy) is 2. The van der Waals surface area contributed by atoms with Gasteiger partial charge in [-0.25, -0.2) is 0 Å². The number of hydrogen-bond donors (Lipinski definition) is 1. The molecule has 0 aliphatic carbocycles. The number of unbranched alkanes of at least 4 members (excludes halogenated alkanes) is 13. The topological polar surface area (TPSA) is 68.1 Å². The molecule has 2 rings (SSSR count). The van der Waals surface area contributed by atoms with Crippen molar-refractivity contribution in [3.05, 3.63) is 58.3 Å². The number of aromatic hydroxyl groups is 1. The summed E-state index contributed by atoms with van der Waals surface area (Å²) in [6.45, 7) is 5.66. The molecule has 0 saturated heterocycles. The summed E-state index contributed by atoms with van der Waals surface area (Å²) in [5.74, 6) is 1.23. The van der Waals surface area contributed by atoms with Crippen molar-refractivity contribution in [2.24, 2.45) is 4.99 Å². The number of aliphatic imine (C=N–C) groups is 1. The van der Waals surface area contributed by atoms with E-state index in [0.29, 0.717) is 18.9 Å². The highest BCUT2D eigenvalue weighted by molar-refractivity contribution is 5.85. The van der Waals surface area contributed by atoms with Crippen LogP contribution in [0, 0.1) is 0 Å². The van der Waals surface area contributed by atoms with Gasteiger partial charge in [0.1, 0.15) is 11.5 Å². The van der Waals surface area contributed by atoms with Gasteiger partial charge in [0.2, 0.25) is 5.43 Å². The Balaban J connectivity index is 1.67. The summed E-state index contributed by atoms with van der Waals surface area (Å²) in [7, 11) is 0. The standard InChI is InChI=1S/C33H49NO4/c1-3-5-6-7-8-9-10-11-12-13-14-15-16-17-25-37-30-21-18-28(33(26-30)38-24-4-2)27-34-29-19-22-31(35)32(36)23-20-29/h18-23,26-27H,3-17,24-25H2,1-2H3,(H,35,36). The molecule has 1 N–H and O–H groups in total. The Morgan fingerprint density at radius 3 is 1.92 bits per heavy atom. The van der Waals surface area contributed by atoms with Crippen molar-refractivity contribution >= 4 is 11.9 Å². The molecular weight excluding hydrogens is 474 g/mol. The van der Waals surface area contributed by atoms with E-state index < -0.39 is 5.43 Å². The van der Waals surface area contributed by atoms with Gasteiger partial charge in [-0.05, 0) is 49.2 Å². The minimum Gasteiger partial charge on any atom is -0.504 e. The molecule has 0 amide bonds. The molecular formula is C33H49NO4. The maximum absolute atomic E-state index is 11.6. The lowest BCUT2D eigenvalue weighted by Gasteiger charge is -2.12. The van der Waals surface area contributed by atoms with Gasteiger partial charge in [-0.3, -0.25) is 9.79 Å². The molecule has 0 atom stereocenters. The van der Waals surface area contributed by atoms with Crippen LogP contribution in [0.4, 0.5) is 5.69 Å². The van der Waals surface area contributed by atoms with E-state index in [4.69, 9.17) is 9.47 Å². The first-order valence-electron chi connectivity index (χ1n) is 14.9. The highest BCUT2D eigenvalue weighted by Gasteiger charge is 2.05. The van der Waals surface area contributed by atoms with Gasteiger partial charge >= 0.3 is 0 Å². The average Bonchev–Trinajstić information content (AvgIpc) is 3.09. The SMILES string of the molecule is CCCCCCCCCCCCCCCCOc1ccc(C=Nc2ccc(O)c(=O)cc2)c(OCCC)c1. The summed E-state index contributed by atoms with van der Waals surface area (Å²) in [5.41, 5.74) is 0.973. The molecule has 0 fully saturated rings. The molecule has 0 bridgehead atoms. The van der Waals surface area contributed by atoms with Crippen molar-refractivity contribution < 1.29 is 14.6 Å². The van der Waals surface area contributed by atoms with Crippen LogP contribution in [-0.2, 0) is 0 Å². The monoisotopic (exact) mass is 523 g/mol. The summed E-state index contributed by atoms with van der Waals surface area (Å²) in [6, 6.07) is 11.7. The number of rotatable bonds is 21. The Bertz CT molecular complexity index is 989. The number of nitrogens with zero attached hydrogens (tertiary/aromatic N) is 1. The van der Waals surface area contributed by atoms with E-state index in [0.717, 1.165) is 29.9 Å². The highest BCUT2D eigenvalue weighted by atomic mass is 16.5. The molecule has 210 valence electrons. The van der Waals surface area contributed by atoms with E-state index in [1.807, 2.05) is 18.2 Å². The van der Waals surface area contributed by atoms with Gasteiger partial charge in [0, 0.05) is 17.8 Å². The summed E-state index contributed by atoms with van der Waals surface area (Å²) in [5, 5.41) is 9.57. The Morgan fingerprint density at radius 2 is 1.29 bits per heavy atom. The lowest BCUT2D eigenvalue weighted by atomic mass is 10.0. The molecule has 0 aliphatic heterocycles. The maximum atomic E-state index is 11.6. The van der Waals surface area contributed by atoms with E-state index in [-0.39, 0.29) is 5.75 Å². The van der Waals surface area contributed by atoms with Gasteiger partial charge < -0.3 is 14.6 Å². The summed E-state index contributed by atoms with van der Waals surface area (Å²) < 4.78 is 11.9. The minimum absolute atomic E-state index is 0.293. The molecule has 0 heterocycles. The highest BCUT2D eigenvalue weighted by Crippen LogP contribution is 2.25. The van der Waals surface area contributed by atoms with Crippen molar-refractivity contribution in [2.75, 3.05) is 13.2 Å². The van der Waals surface area contributed by atoms with Crippen LogP contribution in [-0.4, -0.2) is 24.5 Å². The van der Waals surface area contributed by atoms with Crippen molar-refractivity contribution in [2.45, 2.75) is 110 Å². The van der Waals surface area contributed by atoms with Crippen molar-refractivity contribution in [1.29, 1.82) is 0 Å². The summed E-state index contributed by atoms with van der Waals surface area (Å²) in [4.78, 5) is 16.0. The largest absolute Gasteiger partial charge is 0.504 e. The van der Waals surface area contributed by atoms with E-state index >= 15 is 0 Å². The molecule has 0 aromatic heterocycles. The molecule has 5 nitrogen and oxygen atoms in total. The fourth-order valence-electron chi connectivity index (χ4n) is 4.31. The zero-order valence-electron chi connectivity index (χ0n) is 23.8. The molecule has 0 saturated carbocycles. The van der Waals surface area contributed by atoms with Crippen LogP contribution in [0.5, 0.6) is 17.2 Å². The van der Waals surface area contributed by atoms with E-state index in [1.54, 1.807) is 18.3 Å². The third kappa shape index (κ3) is 13.6. The molecule has 0 aliphatic rings. The lowest BCUT2D eigenvalue weighted by Crippen LogP contribution is -2.01. The predicted molar refractivity (Wildman–Crippen MR) is 160 cm³/mol. The molecule has 0 unspecified atom stereocenters. The van der Waals surface area contributed by atoms with E-state index in [1.165, 1.54) is 95.6 Å². The van der Waals surface area contributed by atoms with Crippen LogP contribution in [0.3, 0.4) is 0 Å². The molecule has 5 heteroatoms. The van der Waals surface area contributed by atoms with Gasteiger partial charge in [-0.15, -0.1) is 0 Å². The third-order valence-corrected chi connectivity index (χ3v) is 6.64. The average molecular weight is 524 g/mol. The van der Waals surface area contributed by atoms with Crippen molar-refractivity contribution in [1.82, 2.24) is 0 Å². The Kier molecular flexibility index (Phi) is 16.7. The maximum Gasteiger partial charge on any atom is 0.220 e. The molecule has 2 aromatic carbocycles. The van der Waals surface area contributed by atoms with Crippen LogP contribution < -0.4 is 14.9 Å². The summed E-state index contributed by atoms with van der Waals surface area (Å²) in [6.07, 6.45) is 21.4. The quantitative estimate of drug-likeness (QED) is 0.131. The predicted octanol–water partition coefficient (Wildman–Crippen LogP) is 9.15. The minimum atomic E-state index is -0.432. The zero-order valence-corrected chi connectivity index (χ0v) is 23.8. The van der Waals surface area contributed by atoms with E-state index in [9.17, 15) is 9.90 Å². The van der Waals surface area contributed by atoms with E-state index in [2.05, 4.69) is 18.8 Å². The fraction of sp³-hybridized carbons (Fsp3) is 0.576. The first-order chi connectivity index (χ1) is 18.6. The van der Waals surface area contributed by atoms with Gasteiger partial charge in [0.25, 0.3) is 0 Å². The molecule has 38 heavy (non-hydrogen) atoms. The second-order valence-corrected chi connectivity index (χ2v) is 10.1. The summed E-state index contributed by atoms with van der Waals surface area (Å²) >= 11 is 0. The van der Waals surface area contributed by atoms with Crippen LogP contribution in [0.2, 0.25) is 0 Å². The number of benzene rings is 1. The van der Waals surface area contributed by atoms with Gasteiger partial charge in [-0.2, -0.15) is 0 Å². The second-order valence-electron chi connectivity index (χ2n) is 10.1.